The Labute approximate surface area is 184 Å². The number of ether oxygens (including phenoxy) is 2. The van der Waals surface area contributed by atoms with E-state index in [0.29, 0.717) is 14.9 Å². The lowest BCUT2D eigenvalue weighted by molar-refractivity contribution is -0.384. The van der Waals surface area contributed by atoms with Crippen LogP contribution in [0.15, 0.2) is 42.0 Å². The smallest absolute Gasteiger partial charge is 0.271 e. The van der Waals surface area contributed by atoms with E-state index in [1.54, 1.807) is 12.1 Å². The molecule has 0 aromatic heterocycles. The number of methoxy groups -OCH3 is 1. The van der Waals surface area contributed by atoms with Gasteiger partial charge in [0.25, 0.3) is 17.5 Å². The predicted molar refractivity (Wildman–Crippen MR) is 116 cm³/mol. The zero-order valence-electron chi connectivity index (χ0n) is 15.5. The predicted octanol–water partition coefficient (Wildman–Crippen LogP) is 2.62. The number of carbonyl (C=O) groups is 2. The molecule has 30 heavy (non-hydrogen) atoms. The molecule has 0 aliphatic rings. The van der Waals surface area contributed by atoms with E-state index in [2.05, 4.69) is 5.32 Å². The lowest BCUT2D eigenvalue weighted by Gasteiger charge is -2.12. The van der Waals surface area contributed by atoms with E-state index in [1.165, 1.54) is 43.5 Å². The molecule has 2 aromatic rings. The van der Waals surface area contributed by atoms with Crippen molar-refractivity contribution in [3.63, 3.8) is 0 Å². The molecule has 0 heterocycles. The van der Waals surface area contributed by atoms with Gasteiger partial charge in [-0.2, -0.15) is 5.26 Å². The first-order valence-corrected chi connectivity index (χ1v) is 9.29. The first kappa shape index (κ1) is 22.6. The minimum atomic E-state index is -0.735. The number of hydrogen-bond acceptors (Lipinski definition) is 7. The second-order valence-corrected chi connectivity index (χ2v) is 6.88. The Balaban J connectivity index is 2.30. The highest BCUT2D eigenvalue weighted by atomic mass is 127. The van der Waals surface area contributed by atoms with Gasteiger partial charge in [0.05, 0.1) is 15.6 Å². The van der Waals surface area contributed by atoms with E-state index in [9.17, 15) is 25.0 Å². The van der Waals surface area contributed by atoms with Crippen molar-refractivity contribution in [3.8, 4) is 17.6 Å². The van der Waals surface area contributed by atoms with Crippen LogP contribution in [-0.2, 0) is 9.59 Å². The van der Waals surface area contributed by atoms with Gasteiger partial charge in [-0.1, -0.05) is 6.07 Å². The number of nitriles is 1. The number of rotatable bonds is 8. The minimum absolute atomic E-state index is 0.178. The van der Waals surface area contributed by atoms with Crippen LogP contribution in [-0.4, -0.2) is 30.5 Å². The Kier molecular flexibility index (Phi) is 7.70. The summed E-state index contributed by atoms with van der Waals surface area (Å²) in [7, 11) is 1.40. The summed E-state index contributed by atoms with van der Waals surface area (Å²) in [4.78, 5) is 33.6. The zero-order valence-corrected chi connectivity index (χ0v) is 17.7. The van der Waals surface area contributed by atoms with Gasteiger partial charge in [0, 0.05) is 17.8 Å². The fraction of sp³-hybridized carbons (Fsp3) is 0.105. The molecule has 0 spiro atoms. The molecule has 0 fully saturated rings. The number of benzene rings is 2. The van der Waals surface area contributed by atoms with Crippen LogP contribution in [0.1, 0.15) is 5.56 Å². The normalized spacial score (nSPS) is 10.6. The Morgan fingerprint density at radius 1 is 1.37 bits per heavy atom. The topological polar surface area (TPSA) is 158 Å². The molecule has 2 amide bonds. The van der Waals surface area contributed by atoms with E-state index in [-0.39, 0.29) is 29.3 Å². The summed E-state index contributed by atoms with van der Waals surface area (Å²) in [6.45, 7) is -0.337. The molecule has 0 radical (unpaired) electrons. The molecular formula is C19H15IN4O6. The van der Waals surface area contributed by atoms with E-state index in [0.717, 1.165) is 0 Å². The molecule has 0 bridgehead atoms. The van der Waals surface area contributed by atoms with Gasteiger partial charge in [-0.3, -0.25) is 19.7 Å². The van der Waals surface area contributed by atoms with Crippen molar-refractivity contribution in [2.24, 2.45) is 5.73 Å². The Morgan fingerprint density at radius 3 is 2.70 bits per heavy atom. The zero-order chi connectivity index (χ0) is 22.3. The molecule has 2 aromatic carbocycles. The van der Waals surface area contributed by atoms with Crippen LogP contribution >= 0.6 is 22.6 Å². The van der Waals surface area contributed by atoms with E-state index in [4.69, 9.17) is 15.2 Å². The molecule has 0 unspecified atom stereocenters. The summed E-state index contributed by atoms with van der Waals surface area (Å²) in [5.74, 6) is -0.804. The summed E-state index contributed by atoms with van der Waals surface area (Å²) in [6, 6.07) is 10.3. The quantitative estimate of drug-likeness (QED) is 0.177. The van der Waals surface area contributed by atoms with Crippen molar-refractivity contribution in [2.75, 3.05) is 19.0 Å². The van der Waals surface area contributed by atoms with Gasteiger partial charge in [-0.15, -0.1) is 0 Å². The van der Waals surface area contributed by atoms with E-state index in [1.807, 2.05) is 22.6 Å². The molecule has 154 valence electrons. The van der Waals surface area contributed by atoms with Crippen molar-refractivity contribution >= 4 is 51.9 Å². The molecule has 0 aliphatic carbocycles. The first-order chi connectivity index (χ1) is 14.2. The standard InChI is InChI=1S/C19H15IN4O6/c1-29-16-7-11(6-15(20)18(16)30-10-17(22)25)5-12(9-21)19(26)23-13-3-2-4-14(8-13)24(27)28/h2-8H,10H2,1H3,(H2,22,25)(H,23,26)/b12-5+. The number of anilines is 1. The van der Waals surface area contributed by atoms with Gasteiger partial charge < -0.3 is 20.5 Å². The summed E-state index contributed by atoms with van der Waals surface area (Å²) >= 11 is 1.95. The van der Waals surface area contributed by atoms with Crippen LogP contribution in [0.2, 0.25) is 0 Å². The summed E-state index contributed by atoms with van der Waals surface area (Å²) in [5.41, 5.74) is 5.30. The largest absolute Gasteiger partial charge is 0.493 e. The Bertz CT molecular complexity index is 1080. The lowest BCUT2D eigenvalue weighted by Crippen LogP contribution is -2.20. The average Bonchev–Trinajstić information content (AvgIpc) is 2.70. The van der Waals surface area contributed by atoms with Gasteiger partial charge >= 0.3 is 0 Å². The van der Waals surface area contributed by atoms with Gasteiger partial charge in [0.15, 0.2) is 18.1 Å². The molecule has 10 nitrogen and oxygen atoms in total. The Hall–Kier alpha value is -3.66. The van der Waals surface area contributed by atoms with Gasteiger partial charge in [0.1, 0.15) is 11.6 Å². The molecular weight excluding hydrogens is 507 g/mol. The summed E-state index contributed by atoms with van der Waals surface area (Å²) < 4.78 is 11.1. The molecule has 0 aliphatic heterocycles. The Morgan fingerprint density at radius 2 is 2.10 bits per heavy atom. The van der Waals surface area contributed by atoms with Crippen LogP contribution in [0.5, 0.6) is 11.5 Å². The molecule has 0 saturated carbocycles. The van der Waals surface area contributed by atoms with Crippen LogP contribution in [0, 0.1) is 25.0 Å². The van der Waals surface area contributed by atoms with Crippen LogP contribution in [0.3, 0.4) is 0 Å². The monoisotopic (exact) mass is 522 g/mol. The average molecular weight is 522 g/mol. The number of nitro benzene ring substituents is 1. The number of amides is 2. The number of nitrogens with two attached hydrogens (primary N) is 1. The van der Waals surface area contributed by atoms with Crippen molar-refractivity contribution < 1.29 is 24.0 Å². The maximum atomic E-state index is 12.4. The molecule has 2 rings (SSSR count). The number of hydrogen-bond donors (Lipinski definition) is 2. The fourth-order valence-electron chi connectivity index (χ4n) is 2.32. The molecule has 11 heteroatoms. The highest BCUT2D eigenvalue weighted by Gasteiger charge is 2.15. The third kappa shape index (κ3) is 5.92. The number of nitrogens with one attached hydrogen (secondary N) is 1. The molecule has 0 atom stereocenters. The number of nitro groups is 1. The molecule has 3 N–H and O–H groups in total. The van der Waals surface area contributed by atoms with Gasteiger partial charge in [0.2, 0.25) is 0 Å². The lowest BCUT2D eigenvalue weighted by atomic mass is 10.1. The first-order valence-electron chi connectivity index (χ1n) is 8.21. The molecule has 0 saturated heterocycles. The number of halogens is 1. The highest BCUT2D eigenvalue weighted by molar-refractivity contribution is 14.1. The number of non-ortho nitro benzene ring substituents is 1. The highest BCUT2D eigenvalue weighted by Crippen LogP contribution is 2.34. The third-order valence-electron chi connectivity index (χ3n) is 3.60. The van der Waals surface area contributed by atoms with E-state index >= 15 is 0 Å². The van der Waals surface area contributed by atoms with Gasteiger partial charge in [-0.05, 0) is 52.4 Å². The van der Waals surface area contributed by atoms with Crippen molar-refractivity contribution in [1.29, 1.82) is 5.26 Å². The second-order valence-electron chi connectivity index (χ2n) is 5.72. The summed E-state index contributed by atoms with van der Waals surface area (Å²) in [6.07, 6.45) is 1.33. The SMILES string of the molecule is COc1cc(/C=C(\C#N)C(=O)Nc2cccc([N+](=O)[O-])c2)cc(I)c1OCC(N)=O. The maximum Gasteiger partial charge on any atom is 0.271 e. The van der Waals surface area contributed by atoms with Crippen molar-refractivity contribution in [1.82, 2.24) is 0 Å². The number of carbonyl (C=O) groups excluding carboxylic acids is 2. The maximum absolute atomic E-state index is 12.4. The van der Waals surface area contributed by atoms with Crippen LogP contribution < -0.4 is 20.5 Å². The number of nitrogens with zero attached hydrogens (tertiary/aromatic N) is 2. The third-order valence-corrected chi connectivity index (χ3v) is 4.40. The fourth-order valence-corrected chi connectivity index (χ4v) is 3.10. The second kappa shape index (κ2) is 10.2. The van der Waals surface area contributed by atoms with Crippen molar-refractivity contribution in [2.45, 2.75) is 0 Å². The van der Waals surface area contributed by atoms with Crippen LogP contribution in [0.4, 0.5) is 11.4 Å². The minimum Gasteiger partial charge on any atom is -0.493 e. The van der Waals surface area contributed by atoms with Crippen LogP contribution in [0.25, 0.3) is 6.08 Å². The summed E-state index contributed by atoms with van der Waals surface area (Å²) in [5, 5.41) is 22.7. The number of primary amides is 1. The van der Waals surface area contributed by atoms with Gasteiger partial charge in [-0.25, -0.2) is 0 Å². The van der Waals surface area contributed by atoms with E-state index < -0.39 is 16.7 Å². The van der Waals surface area contributed by atoms with Crippen molar-refractivity contribution in [3.05, 3.63) is 61.2 Å².